The van der Waals surface area contributed by atoms with E-state index in [1.165, 1.54) is 85.9 Å². The van der Waals surface area contributed by atoms with Crippen LogP contribution in [0.1, 0.15) is 68.1 Å². The molecule has 0 radical (unpaired) electrons. The number of hydrogen-bond acceptors (Lipinski definition) is 1. The number of fused-ring (bicyclic) bond motifs is 5. The predicted octanol–water partition coefficient (Wildman–Crippen LogP) is 8.83. The van der Waals surface area contributed by atoms with Gasteiger partial charge < -0.3 is 4.74 Å². The molecule has 0 bridgehead atoms. The van der Waals surface area contributed by atoms with E-state index in [1.54, 1.807) is 0 Å². The Morgan fingerprint density at radius 2 is 1.63 bits per heavy atom. The summed E-state index contributed by atoms with van der Waals surface area (Å²) in [6.45, 7) is 6.83. The Labute approximate surface area is 207 Å². The van der Waals surface area contributed by atoms with Crippen molar-refractivity contribution in [2.24, 2.45) is 7.05 Å². The summed E-state index contributed by atoms with van der Waals surface area (Å²) in [5.74, 6) is 3.12. The van der Waals surface area contributed by atoms with Crippen molar-refractivity contribution < 1.29 is 9.30 Å². The Balaban J connectivity index is 1.60. The number of nitrogens with zero attached hydrogens (tertiary/aromatic N) is 1. The monoisotopic (exact) mass is 458 g/mol. The van der Waals surface area contributed by atoms with E-state index < -0.39 is 0 Å². The second kappa shape index (κ2) is 7.55. The van der Waals surface area contributed by atoms with Crippen molar-refractivity contribution in [2.45, 2.75) is 58.3 Å². The molecule has 1 aliphatic carbocycles. The maximum Gasteiger partial charge on any atom is 0.228 e. The van der Waals surface area contributed by atoms with Gasteiger partial charge in [-0.25, -0.2) is 4.57 Å². The van der Waals surface area contributed by atoms with E-state index in [2.05, 4.69) is 93.2 Å². The van der Waals surface area contributed by atoms with E-state index in [9.17, 15) is 0 Å². The van der Waals surface area contributed by atoms with Crippen LogP contribution < -0.4 is 9.30 Å². The highest BCUT2D eigenvalue weighted by Crippen LogP contribution is 2.54. The van der Waals surface area contributed by atoms with Gasteiger partial charge in [-0.3, -0.25) is 0 Å². The van der Waals surface area contributed by atoms with Crippen LogP contribution in [0.2, 0.25) is 0 Å². The molecular weight excluding hydrogens is 426 g/mol. The molecule has 2 heterocycles. The largest absolute Gasteiger partial charge is 0.455 e. The lowest BCUT2D eigenvalue weighted by molar-refractivity contribution is -0.659. The minimum absolute atomic E-state index is 0.351. The zero-order valence-electron chi connectivity index (χ0n) is 21.1. The average molecular weight is 459 g/mol. The minimum atomic E-state index is 0.351. The number of aryl methyl sites for hydroxylation is 2. The lowest BCUT2D eigenvalue weighted by Crippen LogP contribution is -2.32. The zero-order valence-corrected chi connectivity index (χ0v) is 21.1. The van der Waals surface area contributed by atoms with Crippen molar-refractivity contribution in [3.05, 3.63) is 77.5 Å². The lowest BCUT2D eigenvalue weighted by atomic mass is 9.84. The van der Waals surface area contributed by atoms with E-state index in [4.69, 9.17) is 4.74 Å². The van der Waals surface area contributed by atoms with E-state index in [0.717, 1.165) is 11.5 Å². The van der Waals surface area contributed by atoms with Gasteiger partial charge in [-0.1, -0.05) is 69.2 Å². The van der Waals surface area contributed by atoms with Crippen molar-refractivity contribution >= 4 is 32.3 Å². The molecule has 5 aromatic rings. The summed E-state index contributed by atoms with van der Waals surface area (Å²) in [6.07, 6.45) is 7.57. The van der Waals surface area contributed by atoms with Crippen molar-refractivity contribution in [3.63, 3.8) is 0 Å². The molecule has 2 aliphatic rings. The van der Waals surface area contributed by atoms with Gasteiger partial charge in [-0.2, -0.15) is 0 Å². The van der Waals surface area contributed by atoms with Crippen LogP contribution in [0.25, 0.3) is 43.6 Å². The molecule has 0 spiro atoms. The van der Waals surface area contributed by atoms with E-state index >= 15 is 0 Å². The molecule has 4 aromatic carbocycles. The highest BCUT2D eigenvalue weighted by molar-refractivity contribution is 6.13. The molecule has 1 aliphatic heterocycles. The van der Waals surface area contributed by atoms with Crippen molar-refractivity contribution in [1.82, 2.24) is 0 Å². The summed E-state index contributed by atoms with van der Waals surface area (Å²) in [5, 5.41) is 7.63. The van der Waals surface area contributed by atoms with Gasteiger partial charge in [0.1, 0.15) is 18.5 Å². The van der Waals surface area contributed by atoms with Crippen molar-refractivity contribution in [2.75, 3.05) is 0 Å². The molecule has 0 N–H and O–H groups in total. The van der Waals surface area contributed by atoms with Gasteiger partial charge in [0.05, 0.1) is 10.9 Å². The second-order valence-corrected chi connectivity index (χ2v) is 11.0. The van der Waals surface area contributed by atoms with E-state index in [1.807, 2.05) is 0 Å². The molecule has 1 saturated carbocycles. The van der Waals surface area contributed by atoms with Gasteiger partial charge in [0, 0.05) is 17.0 Å². The SMILES string of the molecule is Cc1c2c(c(C(C)C)c3ccccc13)Oc1c3ccc(C4CCCC4)cc3cc3cc[n+](C)c-2c13. The number of hydrogen-bond donors (Lipinski definition) is 0. The van der Waals surface area contributed by atoms with Crippen LogP contribution in [0.4, 0.5) is 0 Å². The number of pyridine rings is 1. The molecule has 1 aromatic heterocycles. The zero-order chi connectivity index (χ0) is 23.8. The Morgan fingerprint density at radius 1 is 0.857 bits per heavy atom. The first-order valence-electron chi connectivity index (χ1n) is 13.2. The number of rotatable bonds is 2. The molecule has 0 amide bonds. The van der Waals surface area contributed by atoms with E-state index in [0.29, 0.717) is 11.8 Å². The summed E-state index contributed by atoms with van der Waals surface area (Å²) in [6, 6.07) is 20.6. The Kier molecular flexibility index (Phi) is 4.52. The predicted molar refractivity (Wildman–Crippen MR) is 146 cm³/mol. The van der Waals surface area contributed by atoms with Gasteiger partial charge >= 0.3 is 0 Å². The maximum atomic E-state index is 7.05. The first-order valence-corrected chi connectivity index (χ1v) is 13.2. The quantitative estimate of drug-likeness (QED) is 0.187. The van der Waals surface area contributed by atoms with Crippen LogP contribution >= 0.6 is 0 Å². The van der Waals surface area contributed by atoms with Crippen molar-refractivity contribution in [3.8, 4) is 22.8 Å². The molecule has 2 nitrogen and oxygen atoms in total. The molecule has 174 valence electrons. The fourth-order valence-electron chi connectivity index (χ4n) is 6.83. The third kappa shape index (κ3) is 2.92. The van der Waals surface area contributed by atoms with Crippen LogP contribution in [0.15, 0.2) is 60.8 Å². The molecule has 0 saturated heterocycles. The summed E-state index contributed by atoms with van der Waals surface area (Å²) in [4.78, 5) is 0. The van der Waals surface area contributed by atoms with Crippen LogP contribution in [0, 0.1) is 6.92 Å². The van der Waals surface area contributed by atoms with Crippen LogP contribution in [0.3, 0.4) is 0 Å². The van der Waals surface area contributed by atoms with Gasteiger partial charge in [-0.05, 0) is 70.3 Å². The fourth-order valence-corrected chi connectivity index (χ4v) is 6.83. The van der Waals surface area contributed by atoms with Crippen LogP contribution in [-0.2, 0) is 7.05 Å². The first kappa shape index (κ1) is 20.9. The van der Waals surface area contributed by atoms with Crippen LogP contribution in [0.5, 0.6) is 11.5 Å². The maximum absolute atomic E-state index is 7.05. The summed E-state index contributed by atoms with van der Waals surface area (Å²) in [5.41, 5.74) is 6.61. The molecular formula is C33H32NO+. The minimum Gasteiger partial charge on any atom is -0.455 e. The van der Waals surface area contributed by atoms with Crippen LogP contribution in [-0.4, -0.2) is 0 Å². The van der Waals surface area contributed by atoms with Crippen molar-refractivity contribution in [1.29, 1.82) is 0 Å². The first-order chi connectivity index (χ1) is 17.0. The molecule has 2 heteroatoms. The lowest BCUT2D eigenvalue weighted by Gasteiger charge is -2.27. The highest BCUT2D eigenvalue weighted by atomic mass is 16.5. The number of benzene rings is 4. The normalized spacial score (nSPS) is 15.3. The van der Waals surface area contributed by atoms with Gasteiger partial charge in [0.25, 0.3) is 0 Å². The van der Waals surface area contributed by atoms with Gasteiger partial charge in [0.2, 0.25) is 5.69 Å². The summed E-state index contributed by atoms with van der Waals surface area (Å²) in [7, 11) is 2.17. The molecule has 1 fully saturated rings. The molecule has 35 heavy (non-hydrogen) atoms. The summed E-state index contributed by atoms with van der Waals surface area (Å²) < 4.78 is 9.34. The Morgan fingerprint density at radius 3 is 2.40 bits per heavy atom. The highest BCUT2D eigenvalue weighted by Gasteiger charge is 2.34. The van der Waals surface area contributed by atoms with E-state index in [-0.39, 0.29) is 0 Å². The third-order valence-electron chi connectivity index (χ3n) is 8.53. The molecule has 7 rings (SSSR count). The fraction of sp³-hybridized carbons (Fsp3) is 0.303. The average Bonchev–Trinajstić information content (AvgIpc) is 3.40. The Hall–Kier alpha value is -3.39. The van der Waals surface area contributed by atoms with Gasteiger partial charge in [-0.15, -0.1) is 0 Å². The number of aromatic nitrogens is 1. The molecule has 0 atom stereocenters. The number of ether oxygens (including phenoxy) is 1. The standard InChI is InChI=1S/C33H32NO/c1-19(2)28-27-12-8-7-11-25(27)20(3)29-31-30-23(15-16-34(31)4)18-24-17-22(21-9-5-6-10-21)13-14-26(24)32(30)35-33(28)29/h7-8,11-19,21H,5-6,9-10H2,1-4H3/q+1. The third-order valence-corrected chi connectivity index (χ3v) is 8.53. The second-order valence-electron chi connectivity index (χ2n) is 11.0. The summed E-state index contributed by atoms with van der Waals surface area (Å²) >= 11 is 0. The van der Waals surface area contributed by atoms with Gasteiger partial charge in [0.15, 0.2) is 6.20 Å². The smallest absolute Gasteiger partial charge is 0.228 e. The Bertz CT molecular complexity index is 1670. The topological polar surface area (TPSA) is 13.1 Å². The molecule has 0 unspecified atom stereocenters.